The molecule has 1 amide bonds. The Hall–Kier alpha value is -4.63. The molecule has 5 aromatic carbocycles. The Morgan fingerprint density at radius 3 is 1.43 bits per heavy atom. The van der Waals surface area contributed by atoms with Gasteiger partial charge in [0.25, 0.3) is 0 Å². The average molecular weight is 482 g/mol. The molecule has 1 atom stereocenters. The monoisotopic (exact) mass is 481 g/mol. The van der Waals surface area contributed by atoms with Gasteiger partial charge in [0.15, 0.2) is 0 Å². The quantitative estimate of drug-likeness (QED) is 0.264. The number of carbonyl (C=O) groups is 1. The van der Waals surface area contributed by atoms with E-state index in [2.05, 4.69) is 24.3 Å². The van der Waals surface area contributed by atoms with Gasteiger partial charge in [-0.05, 0) is 28.3 Å². The van der Waals surface area contributed by atoms with E-state index in [9.17, 15) is 9.90 Å². The number of aromatic hydroxyl groups is 1. The van der Waals surface area contributed by atoms with Crippen LogP contribution in [0.3, 0.4) is 0 Å². The first kappa shape index (κ1) is 22.8. The maximum Gasteiger partial charge on any atom is 0.241 e. The first-order chi connectivity index (χ1) is 18.2. The summed E-state index contributed by atoms with van der Waals surface area (Å²) in [5, 5.41) is 11.2. The molecule has 1 aliphatic heterocycles. The summed E-state index contributed by atoms with van der Waals surface area (Å²) in [5.41, 5.74) is 3.62. The molecule has 1 saturated heterocycles. The summed E-state index contributed by atoms with van der Waals surface area (Å²) >= 11 is 0. The SMILES string of the molecule is O=C1N(C(c2ccccc2)c2ccccc2)C(c2ccccc2O)C1(c1ccccc1)c1ccccc1. The second-order valence-electron chi connectivity index (χ2n) is 9.44. The predicted molar refractivity (Wildman–Crippen MR) is 146 cm³/mol. The van der Waals surface area contributed by atoms with E-state index in [0.717, 1.165) is 27.8 Å². The molecule has 0 radical (unpaired) electrons. The first-order valence-electron chi connectivity index (χ1n) is 12.5. The number of phenolic OH excluding ortho intramolecular Hbond substituents is 1. The highest BCUT2D eigenvalue weighted by molar-refractivity contribution is 6.00. The topological polar surface area (TPSA) is 40.5 Å². The third-order valence-corrected chi connectivity index (χ3v) is 7.46. The van der Waals surface area contributed by atoms with Crippen LogP contribution >= 0.6 is 0 Å². The van der Waals surface area contributed by atoms with Gasteiger partial charge in [-0.3, -0.25) is 4.79 Å². The van der Waals surface area contributed by atoms with Gasteiger partial charge in [-0.2, -0.15) is 0 Å². The predicted octanol–water partition coefficient (Wildman–Crippen LogP) is 7.05. The van der Waals surface area contributed by atoms with Crippen molar-refractivity contribution in [1.82, 2.24) is 4.90 Å². The zero-order valence-corrected chi connectivity index (χ0v) is 20.3. The smallest absolute Gasteiger partial charge is 0.241 e. The van der Waals surface area contributed by atoms with Crippen LogP contribution in [0.15, 0.2) is 146 Å². The van der Waals surface area contributed by atoms with Crippen LogP contribution in [-0.4, -0.2) is 15.9 Å². The molecule has 0 aliphatic carbocycles. The summed E-state index contributed by atoms with van der Waals surface area (Å²) in [4.78, 5) is 16.8. The number of phenols is 1. The molecule has 1 heterocycles. The van der Waals surface area contributed by atoms with Gasteiger partial charge in [-0.25, -0.2) is 0 Å². The first-order valence-corrected chi connectivity index (χ1v) is 12.5. The number of para-hydroxylation sites is 1. The van der Waals surface area contributed by atoms with Crippen LogP contribution in [0.5, 0.6) is 5.75 Å². The number of hydrogen-bond acceptors (Lipinski definition) is 2. The second-order valence-corrected chi connectivity index (χ2v) is 9.44. The Kier molecular flexibility index (Phi) is 5.82. The van der Waals surface area contributed by atoms with E-state index in [-0.39, 0.29) is 17.7 Å². The minimum atomic E-state index is -0.983. The van der Waals surface area contributed by atoms with Crippen LogP contribution in [0.4, 0.5) is 0 Å². The molecule has 0 spiro atoms. The van der Waals surface area contributed by atoms with Crippen LogP contribution in [-0.2, 0) is 10.2 Å². The standard InChI is InChI=1S/C34H27NO2/c36-30-24-14-13-23-29(30)32-34(27-19-9-3-10-20-27,28-21-11-4-12-22-28)33(37)35(32)31(25-15-5-1-6-16-25)26-17-7-2-8-18-26/h1-24,31-32,36H. The lowest BCUT2D eigenvalue weighted by Gasteiger charge is -2.59. The van der Waals surface area contributed by atoms with Crippen molar-refractivity contribution in [2.24, 2.45) is 0 Å². The summed E-state index contributed by atoms with van der Waals surface area (Å²) < 4.78 is 0. The number of hydrogen-bond donors (Lipinski definition) is 1. The molecule has 1 unspecified atom stereocenters. The summed E-state index contributed by atoms with van der Waals surface area (Å²) in [6.07, 6.45) is 0. The zero-order valence-electron chi connectivity index (χ0n) is 20.3. The molecule has 1 fully saturated rings. The maximum absolute atomic E-state index is 14.8. The molecule has 0 saturated carbocycles. The molecule has 5 aromatic rings. The lowest BCUT2D eigenvalue weighted by Crippen LogP contribution is -2.67. The summed E-state index contributed by atoms with van der Waals surface area (Å²) in [6.45, 7) is 0. The van der Waals surface area contributed by atoms with E-state index in [1.807, 2.05) is 120 Å². The van der Waals surface area contributed by atoms with E-state index in [0.29, 0.717) is 0 Å². The van der Waals surface area contributed by atoms with E-state index < -0.39 is 11.5 Å². The van der Waals surface area contributed by atoms with Gasteiger partial charge < -0.3 is 10.0 Å². The fraction of sp³-hybridized carbons (Fsp3) is 0.0882. The van der Waals surface area contributed by atoms with E-state index in [1.54, 1.807) is 6.07 Å². The number of rotatable bonds is 6. The van der Waals surface area contributed by atoms with Crippen molar-refractivity contribution >= 4 is 5.91 Å². The van der Waals surface area contributed by atoms with Crippen molar-refractivity contribution in [2.45, 2.75) is 17.5 Å². The van der Waals surface area contributed by atoms with Gasteiger partial charge in [0.2, 0.25) is 5.91 Å². The molecule has 3 nitrogen and oxygen atoms in total. The normalized spacial score (nSPS) is 16.4. The average Bonchev–Trinajstić information content (AvgIpc) is 2.97. The molecule has 0 bridgehead atoms. The van der Waals surface area contributed by atoms with Crippen molar-refractivity contribution in [1.29, 1.82) is 0 Å². The number of nitrogens with zero attached hydrogens (tertiary/aromatic N) is 1. The fourth-order valence-electron chi connectivity index (χ4n) is 5.86. The number of benzene rings is 5. The largest absolute Gasteiger partial charge is 0.508 e. The third-order valence-electron chi connectivity index (χ3n) is 7.46. The Balaban J connectivity index is 1.64. The molecule has 1 N–H and O–H groups in total. The van der Waals surface area contributed by atoms with Crippen molar-refractivity contribution < 1.29 is 9.90 Å². The van der Waals surface area contributed by atoms with Crippen molar-refractivity contribution in [3.8, 4) is 5.75 Å². The van der Waals surface area contributed by atoms with Gasteiger partial charge in [0.05, 0.1) is 12.1 Å². The molecule has 1 aliphatic rings. The number of carbonyl (C=O) groups excluding carboxylic acids is 1. The van der Waals surface area contributed by atoms with Crippen LogP contribution in [0.2, 0.25) is 0 Å². The second kappa shape index (κ2) is 9.44. The Morgan fingerprint density at radius 1 is 0.568 bits per heavy atom. The van der Waals surface area contributed by atoms with Gasteiger partial charge in [-0.1, -0.05) is 140 Å². The van der Waals surface area contributed by atoms with E-state index in [4.69, 9.17) is 0 Å². The Morgan fingerprint density at radius 2 is 0.973 bits per heavy atom. The summed E-state index contributed by atoms with van der Waals surface area (Å²) in [7, 11) is 0. The minimum absolute atomic E-state index is 0.0101. The fourth-order valence-corrected chi connectivity index (χ4v) is 5.86. The van der Waals surface area contributed by atoms with E-state index in [1.165, 1.54) is 0 Å². The van der Waals surface area contributed by atoms with Crippen LogP contribution in [0.1, 0.15) is 39.9 Å². The minimum Gasteiger partial charge on any atom is -0.508 e. The molecule has 0 aromatic heterocycles. The molecular formula is C34H27NO2. The highest BCUT2D eigenvalue weighted by atomic mass is 16.3. The number of likely N-dealkylation sites (tertiary alicyclic amines) is 1. The van der Waals surface area contributed by atoms with Crippen LogP contribution in [0.25, 0.3) is 0 Å². The summed E-state index contributed by atoms with van der Waals surface area (Å²) in [6, 6.07) is 46.8. The summed E-state index contributed by atoms with van der Waals surface area (Å²) in [5.74, 6) is 0.192. The van der Waals surface area contributed by atoms with Crippen molar-refractivity contribution in [3.63, 3.8) is 0 Å². The van der Waals surface area contributed by atoms with Gasteiger partial charge in [-0.15, -0.1) is 0 Å². The van der Waals surface area contributed by atoms with Crippen LogP contribution < -0.4 is 0 Å². The van der Waals surface area contributed by atoms with E-state index >= 15 is 0 Å². The highest BCUT2D eigenvalue weighted by Gasteiger charge is 2.65. The Bertz CT molecular complexity index is 1420. The van der Waals surface area contributed by atoms with Gasteiger partial charge in [0, 0.05) is 5.56 Å². The molecule has 6 rings (SSSR count). The molecular weight excluding hydrogens is 454 g/mol. The van der Waals surface area contributed by atoms with Gasteiger partial charge in [0.1, 0.15) is 11.2 Å². The lowest BCUT2D eigenvalue weighted by atomic mass is 9.58. The van der Waals surface area contributed by atoms with Gasteiger partial charge >= 0.3 is 0 Å². The van der Waals surface area contributed by atoms with Crippen molar-refractivity contribution in [3.05, 3.63) is 173 Å². The Labute approximate surface area is 217 Å². The maximum atomic E-state index is 14.8. The number of amides is 1. The van der Waals surface area contributed by atoms with Crippen LogP contribution in [0, 0.1) is 0 Å². The molecule has 180 valence electrons. The number of β-lactam (4-membered cyclic amide) rings is 1. The molecule has 3 heteroatoms. The highest BCUT2D eigenvalue weighted by Crippen LogP contribution is 2.60. The van der Waals surface area contributed by atoms with Crippen molar-refractivity contribution in [2.75, 3.05) is 0 Å². The zero-order chi connectivity index (χ0) is 25.2. The molecule has 37 heavy (non-hydrogen) atoms. The lowest BCUT2D eigenvalue weighted by molar-refractivity contribution is -0.162. The third kappa shape index (κ3) is 3.63.